The largest absolute Gasteiger partial charge is 0.349 e. The number of nitrogens with one attached hydrogen (secondary N) is 4. The van der Waals surface area contributed by atoms with Gasteiger partial charge in [0.2, 0.25) is 5.91 Å². The summed E-state index contributed by atoms with van der Waals surface area (Å²) in [5.74, 6) is -0.296. The number of hydrogen-bond donors (Lipinski definition) is 4. The fourth-order valence-corrected chi connectivity index (χ4v) is 1.66. The fourth-order valence-electron chi connectivity index (χ4n) is 1.66. The van der Waals surface area contributed by atoms with Gasteiger partial charge in [-0.1, -0.05) is 0 Å². The first-order chi connectivity index (χ1) is 9.04. The quantitative estimate of drug-likeness (QED) is 0.577. The summed E-state index contributed by atoms with van der Waals surface area (Å²) < 4.78 is 0. The number of carbonyl (C=O) groups excluding carboxylic acids is 1. The van der Waals surface area contributed by atoms with Crippen LogP contribution in [0.1, 0.15) is 24.2 Å². The van der Waals surface area contributed by atoms with E-state index in [9.17, 15) is 14.4 Å². The first-order valence-corrected chi connectivity index (χ1v) is 5.65. The Morgan fingerprint density at radius 1 is 1.42 bits per heavy atom. The van der Waals surface area contributed by atoms with Gasteiger partial charge in [0.25, 0.3) is 5.56 Å². The highest BCUT2D eigenvalue weighted by Gasteiger charge is 2.11. The van der Waals surface area contributed by atoms with E-state index >= 15 is 0 Å². The van der Waals surface area contributed by atoms with Crippen LogP contribution in [0.3, 0.4) is 0 Å². The maximum absolute atomic E-state index is 11.8. The molecule has 2 rings (SSSR count). The molecule has 0 aromatic carbocycles. The van der Waals surface area contributed by atoms with Crippen LogP contribution in [-0.4, -0.2) is 26.1 Å². The SMILES string of the molecule is CC(NC(=O)Cc1cc(=O)[nH]c(=O)[nH]1)c1cn[nH]c1. The smallest absolute Gasteiger partial charge is 0.325 e. The van der Waals surface area contributed by atoms with Crippen LogP contribution in [0.25, 0.3) is 0 Å². The van der Waals surface area contributed by atoms with Crippen molar-refractivity contribution in [3.05, 3.63) is 50.6 Å². The summed E-state index contributed by atoms with van der Waals surface area (Å²) in [5.41, 5.74) is -0.0500. The minimum atomic E-state index is -0.627. The van der Waals surface area contributed by atoms with Crippen LogP contribution < -0.4 is 16.6 Å². The number of H-pyrrole nitrogens is 3. The van der Waals surface area contributed by atoms with E-state index in [1.54, 1.807) is 12.4 Å². The summed E-state index contributed by atoms with van der Waals surface area (Å²) in [5, 5.41) is 9.18. The normalized spacial score (nSPS) is 12.1. The number of hydrogen-bond acceptors (Lipinski definition) is 4. The Labute approximate surface area is 107 Å². The Kier molecular flexibility index (Phi) is 3.60. The van der Waals surface area contributed by atoms with Crippen molar-refractivity contribution in [3.63, 3.8) is 0 Å². The van der Waals surface area contributed by atoms with Crippen LogP contribution >= 0.6 is 0 Å². The van der Waals surface area contributed by atoms with Gasteiger partial charge in [-0.15, -0.1) is 0 Å². The summed E-state index contributed by atoms with van der Waals surface area (Å²) in [7, 11) is 0. The van der Waals surface area contributed by atoms with Gasteiger partial charge in [-0.3, -0.25) is 19.7 Å². The molecular weight excluding hydrogens is 250 g/mol. The van der Waals surface area contributed by atoms with Crippen molar-refractivity contribution in [2.24, 2.45) is 0 Å². The third kappa shape index (κ3) is 3.41. The van der Waals surface area contributed by atoms with Gasteiger partial charge in [-0.2, -0.15) is 5.10 Å². The predicted molar refractivity (Wildman–Crippen MR) is 66.5 cm³/mol. The molecule has 2 aromatic heterocycles. The molecule has 100 valence electrons. The van der Waals surface area contributed by atoms with Crippen LogP contribution in [-0.2, 0) is 11.2 Å². The van der Waals surface area contributed by atoms with E-state index in [4.69, 9.17) is 0 Å². The van der Waals surface area contributed by atoms with Gasteiger partial charge >= 0.3 is 5.69 Å². The van der Waals surface area contributed by atoms with Gasteiger partial charge in [-0.25, -0.2) is 4.79 Å². The molecule has 19 heavy (non-hydrogen) atoms. The Morgan fingerprint density at radius 3 is 2.84 bits per heavy atom. The average molecular weight is 263 g/mol. The molecule has 1 atom stereocenters. The van der Waals surface area contributed by atoms with E-state index < -0.39 is 11.2 Å². The minimum absolute atomic E-state index is 0.0681. The van der Waals surface area contributed by atoms with E-state index in [0.717, 1.165) is 5.56 Å². The van der Waals surface area contributed by atoms with Crippen molar-refractivity contribution in [3.8, 4) is 0 Å². The zero-order chi connectivity index (χ0) is 13.8. The summed E-state index contributed by atoms with van der Waals surface area (Å²) >= 11 is 0. The van der Waals surface area contributed by atoms with E-state index in [1.165, 1.54) is 6.07 Å². The highest BCUT2D eigenvalue weighted by atomic mass is 16.2. The first kappa shape index (κ1) is 12.8. The number of carbonyl (C=O) groups is 1. The second-order valence-corrected chi connectivity index (χ2v) is 4.11. The zero-order valence-corrected chi connectivity index (χ0v) is 10.2. The molecule has 0 bridgehead atoms. The molecule has 8 nitrogen and oxygen atoms in total. The lowest BCUT2D eigenvalue weighted by Gasteiger charge is -2.11. The molecule has 0 aliphatic carbocycles. The van der Waals surface area contributed by atoms with Crippen molar-refractivity contribution in [2.75, 3.05) is 0 Å². The maximum atomic E-state index is 11.8. The monoisotopic (exact) mass is 263 g/mol. The third-order valence-electron chi connectivity index (χ3n) is 2.56. The number of aromatic nitrogens is 4. The molecule has 1 amide bonds. The van der Waals surface area contributed by atoms with Gasteiger partial charge in [0.1, 0.15) is 0 Å². The van der Waals surface area contributed by atoms with Gasteiger partial charge in [0.05, 0.1) is 18.7 Å². The van der Waals surface area contributed by atoms with Crippen molar-refractivity contribution in [1.29, 1.82) is 0 Å². The summed E-state index contributed by atoms with van der Waals surface area (Å²) in [4.78, 5) is 38.3. The maximum Gasteiger partial charge on any atom is 0.325 e. The summed E-state index contributed by atoms with van der Waals surface area (Å²) in [6, 6.07) is 0.976. The highest BCUT2D eigenvalue weighted by Crippen LogP contribution is 2.08. The molecule has 0 fully saturated rings. The number of nitrogens with zero attached hydrogens (tertiary/aromatic N) is 1. The second kappa shape index (κ2) is 5.34. The van der Waals surface area contributed by atoms with Crippen molar-refractivity contribution in [2.45, 2.75) is 19.4 Å². The number of amides is 1. The lowest BCUT2D eigenvalue weighted by Crippen LogP contribution is -2.30. The summed E-state index contributed by atoms with van der Waals surface area (Å²) in [6.45, 7) is 1.81. The molecule has 0 radical (unpaired) electrons. The molecular formula is C11H13N5O3. The molecule has 8 heteroatoms. The molecule has 2 heterocycles. The van der Waals surface area contributed by atoms with Crippen molar-refractivity contribution in [1.82, 2.24) is 25.5 Å². The summed E-state index contributed by atoms with van der Waals surface area (Å²) in [6.07, 6.45) is 3.22. The van der Waals surface area contributed by atoms with E-state index in [-0.39, 0.29) is 24.1 Å². The van der Waals surface area contributed by atoms with Crippen LogP contribution in [0.15, 0.2) is 28.0 Å². The molecule has 0 saturated carbocycles. The van der Waals surface area contributed by atoms with Gasteiger partial charge in [-0.05, 0) is 6.92 Å². The molecule has 2 aromatic rings. The second-order valence-electron chi connectivity index (χ2n) is 4.11. The Hall–Kier alpha value is -2.64. The molecule has 4 N–H and O–H groups in total. The van der Waals surface area contributed by atoms with Gasteiger partial charge < -0.3 is 10.3 Å². The third-order valence-corrected chi connectivity index (χ3v) is 2.56. The molecule has 0 aliphatic rings. The average Bonchev–Trinajstić information content (AvgIpc) is 2.80. The van der Waals surface area contributed by atoms with Crippen LogP contribution in [0.4, 0.5) is 0 Å². The first-order valence-electron chi connectivity index (χ1n) is 5.65. The Bertz CT molecular complexity index is 642. The van der Waals surface area contributed by atoms with Crippen molar-refractivity contribution < 1.29 is 4.79 Å². The number of aromatic amines is 3. The lowest BCUT2D eigenvalue weighted by atomic mass is 10.2. The van der Waals surface area contributed by atoms with Gasteiger partial charge in [0, 0.05) is 23.5 Å². The standard InChI is InChI=1S/C11H13N5O3/c1-6(7-4-12-13-5-7)14-9(17)2-8-3-10(18)16-11(19)15-8/h3-6H,2H2,1H3,(H,12,13)(H,14,17)(H2,15,16,18,19). The predicted octanol–water partition coefficient (Wildman–Crippen LogP) is -0.794. The Morgan fingerprint density at radius 2 is 2.21 bits per heavy atom. The Balaban J connectivity index is 2.01. The lowest BCUT2D eigenvalue weighted by molar-refractivity contribution is -0.121. The highest BCUT2D eigenvalue weighted by molar-refractivity contribution is 5.78. The molecule has 1 unspecified atom stereocenters. The van der Waals surface area contributed by atoms with E-state index in [2.05, 4.69) is 20.5 Å². The van der Waals surface area contributed by atoms with Crippen molar-refractivity contribution >= 4 is 5.91 Å². The molecule has 0 saturated heterocycles. The topological polar surface area (TPSA) is 124 Å². The molecule has 0 aliphatic heterocycles. The minimum Gasteiger partial charge on any atom is -0.349 e. The molecule has 0 spiro atoms. The van der Waals surface area contributed by atoms with Gasteiger partial charge in [0.15, 0.2) is 0 Å². The van der Waals surface area contributed by atoms with Crippen LogP contribution in [0.2, 0.25) is 0 Å². The zero-order valence-electron chi connectivity index (χ0n) is 10.2. The van der Waals surface area contributed by atoms with Crippen LogP contribution in [0.5, 0.6) is 0 Å². The van der Waals surface area contributed by atoms with E-state index in [1.807, 2.05) is 11.9 Å². The fraction of sp³-hybridized carbons (Fsp3) is 0.273. The van der Waals surface area contributed by atoms with E-state index in [0.29, 0.717) is 0 Å². The number of rotatable bonds is 4. The van der Waals surface area contributed by atoms with Crippen LogP contribution in [0, 0.1) is 0 Å².